The Kier molecular flexibility index (Phi) is 51.0. The molecule has 2 N–H and O–H groups in total. The minimum atomic E-state index is -4.77. The van der Waals surface area contributed by atoms with Crippen LogP contribution in [0.25, 0.3) is 0 Å². The average molecular weight is 1030 g/mol. The van der Waals surface area contributed by atoms with Gasteiger partial charge in [-0.1, -0.05) is 195 Å². The maximum absolute atomic E-state index is 12.9. The van der Waals surface area contributed by atoms with E-state index in [0.29, 0.717) is 19.3 Å². The highest BCUT2D eigenvalue weighted by atomic mass is 31.2. The number of aliphatic hydroxyl groups is 1. The largest absolute Gasteiger partial charge is 0.472 e. The fourth-order valence-electron chi connectivity index (χ4n) is 7.19. The van der Waals surface area contributed by atoms with Crippen LogP contribution in [0, 0.1) is 0 Å². The second-order valence-corrected chi connectivity index (χ2v) is 19.8. The van der Waals surface area contributed by atoms with Crippen LogP contribution in [0.3, 0.4) is 0 Å². The highest BCUT2D eigenvalue weighted by molar-refractivity contribution is 7.47. The minimum absolute atomic E-state index is 0.0980. The normalized spacial score (nSPS) is 14.1. The number of unbranched alkanes of at least 4 members (excludes halogenated alkanes) is 18. The summed E-state index contributed by atoms with van der Waals surface area (Å²) in [5, 5.41) is 9.79. The number of carbonyl (C=O) groups is 3. The van der Waals surface area contributed by atoms with E-state index >= 15 is 0 Å². The zero-order chi connectivity index (χ0) is 52.7. The lowest BCUT2D eigenvalue weighted by atomic mass is 10.1. The summed E-state index contributed by atoms with van der Waals surface area (Å²) in [6, 6.07) is 0. The molecule has 0 heterocycles. The molecule has 0 spiro atoms. The number of phosphoric ester groups is 1. The summed E-state index contributed by atoms with van der Waals surface area (Å²) in [5.41, 5.74) is 0. The Hall–Kier alpha value is -3.60. The van der Waals surface area contributed by atoms with Crippen molar-refractivity contribution in [3.05, 3.63) is 97.2 Å². The molecule has 3 unspecified atom stereocenters. The molecule has 3 atom stereocenters. The third kappa shape index (κ3) is 51.3. The fourth-order valence-corrected chi connectivity index (χ4v) is 7.98. The predicted molar refractivity (Wildman–Crippen MR) is 297 cm³/mol. The van der Waals surface area contributed by atoms with E-state index < -0.39 is 57.8 Å². The molecule has 0 aliphatic rings. The molecule has 0 saturated heterocycles. The standard InChI is InChI=1S/C60H101O11P/c1-4-7-10-13-16-19-22-25-26-27-28-29-30-33-36-39-42-45-48-51-60(64)71-57(53-67-58(62)49-46-43-40-37-34-31-23-20-17-14-11-8-5-2)55-69-72(65,66)68-54-56(52-61)70-59(63)50-47-44-41-38-35-32-24-21-18-15-12-9-6-3/h8,11,16-17,19-21,24-26,28-29,31,34,40,43,56-57,61H,4-7,9-10,12-15,18,22-23,27,30,32-33,35-39,41-42,44-55H2,1-3H3,(H,65,66)/b11-8-,19-16-,20-17-,24-21-,26-25-,29-28-,34-31-,43-40-. The molecule has 412 valence electrons. The van der Waals surface area contributed by atoms with Crippen LogP contribution in [0.15, 0.2) is 97.2 Å². The van der Waals surface area contributed by atoms with E-state index in [1.807, 2.05) is 12.2 Å². The maximum atomic E-state index is 12.9. The number of ether oxygens (including phenoxy) is 3. The van der Waals surface area contributed by atoms with Gasteiger partial charge < -0.3 is 24.2 Å². The van der Waals surface area contributed by atoms with E-state index in [1.165, 1.54) is 51.4 Å². The zero-order valence-corrected chi connectivity index (χ0v) is 46.3. The molecule has 72 heavy (non-hydrogen) atoms. The van der Waals surface area contributed by atoms with Crippen molar-refractivity contribution >= 4 is 25.7 Å². The Morgan fingerprint density at radius 3 is 1.21 bits per heavy atom. The van der Waals surface area contributed by atoms with Crippen LogP contribution in [-0.4, -0.2) is 66.5 Å². The van der Waals surface area contributed by atoms with Crippen molar-refractivity contribution in [1.29, 1.82) is 0 Å². The number of hydrogen-bond donors (Lipinski definition) is 2. The lowest BCUT2D eigenvalue weighted by Gasteiger charge is -2.21. The van der Waals surface area contributed by atoms with Gasteiger partial charge in [-0.15, -0.1) is 0 Å². The lowest BCUT2D eigenvalue weighted by molar-refractivity contribution is -0.161. The summed E-state index contributed by atoms with van der Waals surface area (Å²) in [4.78, 5) is 48.4. The first kappa shape index (κ1) is 68.4. The monoisotopic (exact) mass is 1030 g/mol. The Morgan fingerprint density at radius 1 is 0.403 bits per heavy atom. The smallest absolute Gasteiger partial charge is 0.462 e. The Bertz CT molecular complexity index is 1580. The first-order valence-corrected chi connectivity index (χ1v) is 29.6. The average Bonchev–Trinajstić information content (AvgIpc) is 3.37. The van der Waals surface area contributed by atoms with Gasteiger partial charge in [-0.05, 0) is 109 Å². The van der Waals surface area contributed by atoms with E-state index in [9.17, 15) is 28.9 Å². The van der Waals surface area contributed by atoms with Gasteiger partial charge in [0.25, 0.3) is 0 Å². The van der Waals surface area contributed by atoms with Crippen molar-refractivity contribution in [3.63, 3.8) is 0 Å². The molecule has 0 rings (SSSR count). The van der Waals surface area contributed by atoms with Gasteiger partial charge in [0, 0.05) is 19.3 Å². The van der Waals surface area contributed by atoms with Crippen molar-refractivity contribution in [2.45, 2.75) is 238 Å². The molecule has 11 nitrogen and oxygen atoms in total. The summed E-state index contributed by atoms with van der Waals surface area (Å²) >= 11 is 0. The highest BCUT2D eigenvalue weighted by Crippen LogP contribution is 2.43. The summed E-state index contributed by atoms with van der Waals surface area (Å²) in [5.74, 6) is -1.59. The molecule has 0 aliphatic carbocycles. The fraction of sp³-hybridized carbons (Fsp3) is 0.683. The molecule has 0 amide bonds. The lowest BCUT2D eigenvalue weighted by Crippen LogP contribution is -2.30. The summed E-state index contributed by atoms with van der Waals surface area (Å²) in [6.45, 7) is 4.37. The SMILES string of the molecule is CC/C=C\C/C=C\C/C=C\C/C=C\CCC(=O)OCC(COP(=O)(O)OCC(CO)OC(=O)CCCCCCC/C=C\CCCCCC)OC(=O)CCCCCCCC/C=C\C/C=C\C/C=C\CCCCC. The molecule has 12 heteroatoms. The number of hydrogen-bond acceptors (Lipinski definition) is 10. The van der Waals surface area contributed by atoms with Gasteiger partial charge >= 0.3 is 25.7 Å². The molecule has 0 aromatic rings. The van der Waals surface area contributed by atoms with E-state index in [0.717, 1.165) is 116 Å². The number of rotatable bonds is 51. The summed E-state index contributed by atoms with van der Waals surface area (Å²) in [6.07, 6.45) is 62.4. The second-order valence-electron chi connectivity index (χ2n) is 18.4. The third-order valence-corrected chi connectivity index (χ3v) is 12.4. The highest BCUT2D eigenvalue weighted by Gasteiger charge is 2.28. The Labute approximate surface area is 438 Å². The van der Waals surface area contributed by atoms with Crippen molar-refractivity contribution in [2.75, 3.05) is 26.4 Å². The van der Waals surface area contributed by atoms with Crippen LogP contribution in [-0.2, 0) is 42.2 Å². The van der Waals surface area contributed by atoms with Crippen molar-refractivity contribution in [2.24, 2.45) is 0 Å². The second kappa shape index (κ2) is 53.7. The van der Waals surface area contributed by atoms with Gasteiger partial charge in [-0.3, -0.25) is 23.4 Å². The molecule has 0 fully saturated rings. The molecule has 0 saturated carbocycles. The van der Waals surface area contributed by atoms with E-state index in [-0.39, 0.29) is 25.9 Å². The minimum Gasteiger partial charge on any atom is -0.462 e. The number of phosphoric acid groups is 1. The van der Waals surface area contributed by atoms with Gasteiger partial charge in [0.05, 0.1) is 19.8 Å². The van der Waals surface area contributed by atoms with Crippen LogP contribution >= 0.6 is 7.82 Å². The zero-order valence-electron chi connectivity index (χ0n) is 45.4. The van der Waals surface area contributed by atoms with Gasteiger partial charge in [-0.25, -0.2) is 4.57 Å². The number of allylic oxidation sites excluding steroid dienone is 16. The third-order valence-electron chi connectivity index (χ3n) is 11.5. The number of aliphatic hydroxyl groups excluding tert-OH is 1. The molecular formula is C60H101O11P. The summed E-state index contributed by atoms with van der Waals surface area (Å²) in [7, 11) is -4.77. The molecule has 0 aromatic heterocycles. The Balaban J connectivity index is 4.83. The van der Waals surface area contributed by atoms with Crippen LogP contribution in [0.1, 0.15) is 226 Å². The van der Waals surface area contributed by atoms with Crippen LogP contribution in [0.4, 0.5) is 0 Å². The van der Waals surface area contributed by atoms with Crippen LogP contribution in [0.2, 0.25) is 0 Å². The number of carbonyl (C=O) groups excluding carboxylic acids is 3. The van der Waals surface area contributed by atoms with Gasteiger partial charge in [0.15, 0.2) is 6.10 Å². The van der Waals surface area contributed by atoms with Gasteiger partial charge in [0.1, 0.15) is 12.7 Å². The van der Waals surface area contributed by atoms with Gasteiger partial charge in [0.2, 0.25) is 0 Å². The molecular weight excluding hydrogens is 928 g/mol. The van der Waals surface area contributed by atoms with E-state index in [2.05, 4.69) is 106 Å². The van der Waals surface area contributed by atoms with Crippen molar-refractivity contribution in [3.8, 4) is 0 Å². The van der Waals surface area contributed by atoms with Crippen molar-refractivity contribution in [1.82, 2.24) is 0 Å². The maximum Gasteiger partial charge on any atom is 0.472 e. The van der Waals surface area contributed by atoms with Crippen molar-refractivity contribution < 1.29 is 52.2 Å². The first-order valence-electron chi connectivity index (χ1n) is 28.1. The molecule has 0 aliphatic heterocycles. The predicted octanol–water partition coefficient (Wildman–Crippen LogP) is 16.5. The molecule has 0 radical (unpaired) electrons. The van der Waals surface area contributed by atoms with Crippen LogP contribution in [0.5, 0.6) is 0 Å². The summed E-state index contributed by atoms with van der Waals surface area (Å²) < 4.78 is 39.4. The van der Waals surface area contributed by atoms with E-state index in [1.54, 1.807) is 0 Å². The van der Waals surface area contributed by atoms with E-state index in [4.69, 9.17) is 23.3 Å². The van der Waals surface area contributed by atoms with Crippen LogP contribution < -0.4 is 0 Å². The molecule has 0 bridgehead atoms. The Morgan fingerprint density at radius 2 is 0.750 bits per heavy atom. The van der Waals surface area contributed by atoms with Gasteiger partial charge in [-0.2, -0.15) is 0 Å². The first-order chi connectivity index (χ1) is 35.2. The topological polar surface area (TPSA) is 155 Å². The quantitative estimate of drug-likeness (QED) is 0.0197. The number of esters is 3. The molecule has 0 aromatic carbocycles.